The fraction of sp³-hybridized carbons (Fsp3) is 0.320. The number of hydrogen-bond donors (Lipinski definition) is 1. The minimum absolute atomic E-state index is 0.0799. The maximum atomic E-state index is 12.4. The molecule has 1 heterocycles. The molecule has 0 bridgehead atoms. The molecule has 1 N–H and O–H groups in total. The number of rotatable bonds is 9. The Hall–Kier alpha value is -3.06. The van der Waals surface area contributed by atoms with E-state index in [0.29, 0.717) is 17.8 Å². The van der Waals surface area contributed by atoms with Crippen LogP contribution in [-0.2, 0) is 11.3 Å². The van der Waals surface area contributed by atoms with E-state index >= 15 is 0 Å². The van der Waals surface area contributed by atoms with E-state index in [1.54, 1.807) is 6.08 Å². The Morgan fingerprint density at radius 1 is 1.22 bits per heavy atom. The smallest absolute Gasteiger partial charge is 0.234 e. The summed E-state index contributed by atoms with van der Waals surface area (Å²) in [6, 6.07) is 15.7. The van der Waals surface area contributed by atoms with Gasteiger partial charge < -0.3 is 10.1 Å². The molecule has 1 aromatic heterocycles. The lowest BCUT2D eigenvalue weighted by atomic mass is 10.2. The van der Waals surface area contributed by atoms with Gasteiger partial charge in [0.15, 0.2) is 11.0 Å². The molecule has 6 nitrogen and oxygen atoms in total. The van der Waals surface area contributed by atoms with Crippen molar-refractivity contribution in [2.45, 2.75) is 50.4 Å². The second-order valence-electron chi connectivity index (χ2n) is 7.96. The van der Waals surface area contributed by atoms with Crippen LogP contribution in [0.25, 0.3) is 11.4 Å². The fourth-order valence-corrected chi connectivity index (χ4v) is 4.58. The molecule has 4 rings (SSSR count). The summed E-state index contributed by atoms with van der Waals surface area (Å²) < 4.78 is 8.04. The summed E-state index contributed by atoms with van der Waals surface area (Å²) in [5, 5.41) is 12.3. The highest BCUT2D eigenvalue weighted by atomic mass is 32.2. The molecule has 3 aromatic rings. The molecule has 1 aliphatic carbocycles. The van der Waals surface area contributed by atoms with Crippen molar-refractivity contribution < 1.29 is 9.53 Å². The first-order chi connectivity index (χ1) is 15.6. The maximum absolute atomic E-state index is 12.4. The molecular formula is C25H28N4O2S. The van der Waals surface area contributed by atoms with Gasteiger partial charge in [-0.1, -0.05) is 30.0 Å². The van der Waals surface area contributed by atoms with Gasteiger partial charge in [-0.25, -0.2) is 0 Å². The van der Waals surface area contributed by atoms with Gasteiger partial charge in [-0.15, -0.1) is 16.8 Å². The largest absolute Gasteiger partial charge is 0.490 e. The van der Waals surface area contributed by atoms with E-state index in [4.69, 9.17) is 4.74 Å². The molecule has 1 fully saturated rings. The lowest BCUT2D eigenvalue weighted by Gasteiger charge is -2.13. The molecule has 7 heteroatoms. The average molecular weight is 449 g/mol. The van der Waals surface area contributed by atoms with Crippen LogP contribution in [0.2, 0.25) is 0 Å². The molecular weight excluding hydrogens is 420 g/mol. The Labute approximate surface area is 193 Å². The lowest BCUT2D eigenvalue weighted by Crippen LogP contribution is -2.14. The van der Waals surface area contributed by atoms with Crippen molar-refractivity contribution >= 4 is 23.4 Å². The number of allylic oxidation sites excluding steroid dienone is 1. The predicted molar refractivity (Wildman–Crippen MR) is 129 cm³/mol. The number of aromatic nitrogens is 3. The van der Waals surface area contributed by atoms with Crippen molar-refractivity contribution in [3.63, 3.8) is 0 Å². The monoisotopic (exact) mass is 448 g/mol. The van der Waals surface area contributed by atoms with E-state index in [-0.39, 0.29) is 11.7 Å². The number of carbonyl (C=O) groups is 1. The summed E-state index contributed by atoms with van der Waals surface area (Å²) in [4.78, 5) is 12.4. The second-order valence-corrected chi connectivity index (χ2v) is 8.90. The first kappa shape index (κ1) is 22.1. The second kappa shape index (κ2) is 10.5. The highest BCUT2D eigenvalue weighted by molar-refractivity contribution is 7.99. The quantitative estimate of drug-likeness (QED) is 0.346. The molecule has 2 aromatic carbocycles. The normalized spacial score (nSPS) is 13.8. The number of nitrogens with one attached hydrogen (secondary N) is 1. The number of amides is 1. The summed E-state index contributed by atoms with van der Waals surface area (Å²) in [5.74, 6) is 1.80. The summed E-state index contributed by atoms with van der Waals surface area (Å²) in [5.41, 5.74) is 2.85. The number of hydrogen-bond acceptors (Lipinski definition) is 5. The van der Waals surface area contributed by atoms with E-state index in [0.717, 1.165) is 41.2 Å². The maximum Gasteiger partial charge on any atom is 0.234 e. The first-order valence-electron chi connectivity index (χ1n) is 10.9. The Bertz CT molecular complexity index is 1070. The predicted octanol–water partition coefficient (Wildman–Crippen LogP) is 5.49. The molecule has 1 saturated carbocycles. The first-order valence-corrected chi connectivity index (χ1v) is 11.9. The van der Waals surface area contributed by atoms with Gasteiger partial charge in [0.2, 0.25) is 5.91 Å². The number of ether oxygens (including phenoxy) is 1. The third kappa shape index (κ3) is 5.59. The van der Waals surface area contributed by atoms with Crippen molar-refractivity contribution in [3.8, 4) is 17.1 Å². The van der Waals surface area contributed by atoms with Crippen LogP contribution >= 0.6 is 11.8 Å². The number of aryl methyl sites for hydroxylation is 1. The molecule has 1 aliphatic rings. The summed E-state index contributed by atoms with van der Waals surface area (Å²) >= 11 is 1.36. The number of thioether (sulfide) groups is 1. The third-order valence-electron chi connectivity index (χ3n) is 5.38. The van der Waals surface area contributed by atoms with Crippen LogP contribution in [0.15, 0.2) is 66.3 Å². The zero-order chi connectivity index (χ0) is 22.3. The average Bonchev–Trinajstić information content (AvgIpc) is 3.43. The molecule has 0 saturated heterocycles. The van der Waals surface area contributed by atoms with Crippen molar-refractivity contribution in [2.75, 3.05) is 11.1 Å². The van der Waals surface area contributed by atoms with Gasteiger partial charge in [-0.2, -0.15) is 0 Å². The van der Waals surface area contributed by atoms with Crippen LogP contribution < -0.4 is 10.1 Å². The number of nitrogens with zero attached hydrogens (tertiary/aromatic N) is 3. The summed E-state index contributed by atoms with van der Waals surface area (Å²) in [6.07, 6.45) is 6.90. The lowest BCUT2D eigenvalue weighted by molar-refractivity contribution is -0.113. The zero-order valence-electron chi connectivity index (χ0n) is 18.3. The Balaban J connectivity index is 1.42. The topological polar surface area (TPSA) is 69.0 Å². The molecule has 0 spiro atoms. The molecule has 0 aliphatic heterocycles. The molecule has 0 unspecified atom stereocenters. The van der Waals surface area contributed by atoms with E-state index in [1.165, 1.54) is 24.6 Å². The van der Waals surface area contributed by atoms with E-state index in [2.05, 4.69) is 22.1 Å². The van der Waals surface area contributed by atoms with Crippen LogP contribution in [-0.4, -0.2) is 32.5 Å². The van der Waals surface area contributed by atoms with Gasteiger partial charge in [0.05, 0.1) is 11.9 Å². The molecule has 166 valence electrons. The molecule has 32 heavy (non-hydrogen) atoms. The van der Waals surface area contributed by atoms with Gasteiger partial charge in [0, 0.05) is 17.8 Å². The molecule has 0 atom stereocenters. The fourth-order valence-electron chi connectivity index (χ4n) is 3.83. The Kier molecular flexibility index (Phi) is 7.27. The summed E-state index contributed by atoms with van der Waals surface area (Å²) in [6.45, 7) is 6.41. The highest BCUT2D eigenvalue weighted by Gasteiger charge is 2.18. The van der Waals surface area contributed by atoms with Gasteiger partial charge in [0.1, 0.15) is 5.75 Å². The van der Waals surface area contributed by atoms with E-state index < -0.39 is 0 Å². The number of benzene rings is 2. The Morgan fingerprint density at radius 3 is 2.72 bits per heavy atom. The van der Waals surface area contributed by atoms with Gasteiger partial charge in [0.25, 0.3) is 0 Å². The Morgan fingerprint density at radius 2 is 2.00 bits per heavy atom. The molecule has 1 amide bonds. The summed E-state index contributed by atoms with van der Waals surface area (Å²) in [7, 11) is 0. The minimum atomic E-state index is -0.0799. The van der Waals surface area contributed by atoms with Crippen molar-refractivity contribution in [1.29, 1.82) is 0 Å². The standard InChI is InChI=1S/C25H28N4O2S/c1-3-15-29-24(19-11-13-22(14-12-19)31-21-9-4-5-10-21)27-28-25(29)32-17-23(30)26-20-8-6-7-18(2)16-20/h3,6-8,11-14,16,21H,1,4-5,9-10,15,17H2,2H3,(H,26,30). The number of carbonyl (C=O) groups excluding carboxylic acids is 1. The van der Waals surface area contributed by atoms with Gasteiger partial charge in [-0.3, -0.25) is 9.36 Å². The zero-order valence-corrected chi connectivity index (χ0v) is 19.1. The number of anilines is 1. The van der Waals surface area contributed by atoms with Crippen LogP contribution in [0.5, 0.6) is 5.75 Å². The van der Waals surface area contributed by atoms with Crippen LogP contribution in [0.1, 0.15) is 31.2 Å². The van der Waals surface area contributed by atoms with Gasteiger partial charge >= 0.3 is 0 Å². The van der Waals surface area contributed by atoms with Crippen molar-refractivity contribution in [1.82, 2.24) is 14.8 Å². The highest BCUT2D eigenvalue weighted by Crippen LogP contribution is 2.28. The van der Waals surface area contributed by atoms with Crippen LogP contribution in [0, 0.1) is 6.92 Å². The van der Waals surface area contributed by atoms with E-state index in [1.807, 2.05) is 60.0 Å². The van der Waals surface area contributed by atoms with Crippen LogP contribution in [0.3, 0.4) is 0 Å². The van der Waals surface area contributed by atoms with Crippen LogP contribution in [0.4, 0.5) is 5.69 Å². The minimum Gasteiger partial charge on any atom is -0.490 e. The third-order valence-corrected chi connectivity index (χ3v) is 6.35. The van der Waals surface area contributed by atoms with Crippen molar-refractivity contribution in [2.24, 2.45) is 0 Å². The van der Waals surface area contributed by atoms with Gasteiger partial charge in [-0.05, 0) is 74.6 Å². The molecule has 0 radical (unpaired) electrons. The SMILES string of the molecule is C=CCn1c(SCC(=O)Nc2cccc(C)c2)nnc1-c1ccc(OC2CCCC2)cc1. The van der Waals surface area contributed by atoms with Crippen molar-refractivity contribution in [3.05, 3.63) is 66.7 Å². The van der Waals surface area contributed by atoms with E-state index in [9.17, 15) is 4.79 Å².